The van der Waals surface area contributed by atoms with E-state index in [2.05, 4.69) is 4.98 Å². The van der Waals surface area contributed by atoms with Crippen LogP contribution in [-0.4, -0.2) is 35.6 Å². The Morgan fingerprint density at radius 2 is 1.78 bits per heavy atom. The van der Waals surface area contributed by atoms with Crippen LogP contribution in [0, 0.1) is 11.8 Å². The fourth-order valence-corrected chi connectivity index (χ4v) is 3.95. The second-order valence-corrected chi connectivity index (χ2v) is 7.65. The lowest BCUT2D eigenvalue weighted by Gasteiger charge is -2.39. The van der Waals surface area contributed by atoms with Gasteiger partial charge in [0.25, 0.3) is 5.56 Å². The van der Waals surface area contributed by atoms with Gasteiger partial charge in [-0.25, -0.2) is 9.78 Å². The summed E-state index contributed by atoms with van der Waals surface area (Å²) in [4.78, 5) is 29.3. The first-order chi connectivity index (χ1) is 12.4. The molecule has 2 aromatic rings. The number of rotatable bonds is 3. The van der Waals surface area contributed by atoms with E-state index in [-0.39, 0.29) is 25.3 Å². The first-order valence-corrected chi connectivity index (χ1v) is 8.85. The summed E-state index contributed by atoms with van der Waals surface area (Å²) in [7, 11) is 3.20. The molecule has 1 aliphatic rings. The number of fused-ring (bicyclic) bond motifs is 1. The van der Waals surface area contributed by atoms with Crippen LogP contribution in [0.5, 0.6) is 0 Å². The van der Waals surface area contributed by atoms with E-state index in [4.69, 9.17) is 0 Å². The van der Waals surface area contributed by atoms with Gasteiger partial charge in [-0.2, -0.15) is 13.2 Å². The highest BCUT2D eigenvalue weighted by Gasteiger charge is 2.54. The highest BCUT2D eigenvalue weighted by Crippen LogP contribution is 2.43. The summed E-state index contributed by atoms with van der Waals surface area (Å²) >= 11 is 0. The zero-order valence-electron chi connectivity index (χ0n) is 15.5. The van der Waals surface area contributed by atoms with E-state index >= 15 is 0 Å². The Kier molecular flexibility index (Phi) is 4.73. The molecule has 27 heavy (non-hydrogen) atoms. The Morgan fingerprint density at radius 1 is 1.19 bits per heavy atom. The highest BCUT2D eigenvalue weighted by molar-refractivity contribution is 5.69. The topological polar surface area (TPSA) is 82.1 Å². The number of hydrogen-bond donors (Lipinski definition) is 1. The van der Waals surface area contributed by atoms with Crippen molar-refractivity contribution in [1.29, 1.82) is 0 Å². The van der Waals surface area contributed by atoms with Gasteiger partial charge in [-0.3, -0.25) is 13.9 Å². The fraction of sp³-hybridized carbons (Fsp3) is 0.706. The standard InChI is InChI=1S/C17H23F3N4O3/c1-16(27,17(18,19)20)11-6-4-10(5-7-11)8-24-14(25)12-13(21-9-22(12)2)23(3)15(24)26/h9-11,27H,4-8H2,1-3H3/t10?,11?,16-/m0/s1. The van der Waals surface area contributed by atoms with Crippen LogP contribution in [0.3, 0.4) is 0 Å². The molecule has 2 heterocycles. The molecular formula is C17H23F3N4O3. The van der Waals surface area contributed by atoms with E-state index in [1.54, 1.807) is 11.6 Å². The smallest absolute Gasteiger partial charge is 0.380 e. The third kappa shape index (κ3) is 3.19. The Balaban J connectivity index is 1.82. The summed E-state index contributed by atoms with van der Waals surface area (Å²) < 4.78 is 43.0. The van der Waals surface area contributed by atoms with Crippen LogP contribution < -0.4 is 11.2 Å². The van der Waals surface area contributed by atoms with E-state index in [1.807, 2.05) is 0 Å². The van der Waals surface area contributed by atoms with Gasteiger partial charge in [0, 0.05) is 20.6 Å². The SMILES string of the molecule is Cn1cnc2c1c(=O)n(CC1CCC([C@](C)(O)C(F)(F)F)CC1)c(=O)n2C. The van der Waals surface area contributed by atoms with Crippen molar-refractivity contribution in [2.24, 2.45) is 25.9 Å². The Bertz CT molecular complexity index is 963. The third-order valence-electron chi connectivity index (χ3n) is 5.86. The Morgan fingerprint density at radius 3 is 2.33 bits per heavy atom. The molecule has 0 unspecified atom stereocenters. The number of hydrogen-bond acceptors (Lipinski definition) is 4. The van der Waals surface area contributed by atoms with Gasteiger partial charge in [0.1, 0.15) is 0 Å². The van der Waals surface area contributed by atoms with E-state index in [0.29, 0.717) is 24.0 Å². The lowest BCUT2D eigenvalue weighted by molar-refractivity contribution is -0.275. The quantitative estimate of drug-likeness (QED) is 0.865. The first kappa shape index (κ1) is 19.7. The molecule has 10 heteroatoms. The van der Waals surface area contributed by atoms with Crippen molar-refractivity contribution in [3.8, 4) is 0 Å². The zero-order chi connectivity index (χ0) is 20.1. The molecule has 0 aromatic carbocycles. The number of nitrogens with zero attached hydrogens (tertiary/aromatic N) is 4. The van der Waals surface area contributed by atoms with E-state index in [0.717, 1.165) is 11.5 Å². The molecule has 3 rings (SSSR count). The zero-order valence-corrected chi connectivity index (χ0v) is 15.5. The van der Waals surface area contributed by atoms with Crippen molar-refractivity contribution in [1.82, 2.24) is 18.7 Å². The van der Waals surface area contributed by atoms with Crippen molar-refractivity contribution in [3.63, 3.8) is 0 Å². The van der Waals surface area contributed by atoms with Crippen LogP contribution in [0.4, 0.5) is 13.2 Å². The number of alkyl halides is 3. The average Bonchev–Trinajstić information content (AvgIpc) is 2.98. The third-order valence-corrected chi connectivity index (χ3v) is 5.86. The molecule has 0 radical (unpaired) electrons. The van der Waals surface area contributed by atoms with Gasteiger partial charge < -0.3 is 9.67 Å². The first-order valence-electron chi connectivity index (χ1n) is 8.85. The van der Waals surface area contributed by atoms with Crippen LogP contribution in [0.1, 0.15) is 32.6 Å². The second-order valence-electron chi connectivity index (χ2n) is 7.65. The van der Waals surface area contributed by atoms with Gasteiger partial charge in [0.2, 0.25) is 0 Å². The molecule has 7 nitrogen and oxygen atoms in total. The minimum Gasteiger partial charge on any atom is -0.380 e. The lowest BCUT2D eigenvalue weighted by Crippen LogP contribution is -2.50. The fourth-order valence-electron chi connectivity index (χ4n) is 3.95. The number of aromatic nitrogens is 4. The van der Waals surface area contributed by atoms with E-state index < -0.39 is 28.9 Å². The average molecular weight is 388 g/mol. The highest BCUT2D eigenvalue weighted by atomic mass is 19.4. The minimum atomic E-state index is -4.68. The van der Waals surface area contributed by atoms with Gasteiger partial charge in [-0.05, 0) is 44.4 Å². The van der Waals surface area contributed by atoms with Crippen molar-refractivity contribution >= 4 is 11.2 Å². The Labute approximate surface area is 153 Å². The lowest BCUT2D eigenvalue weighted by atomic mass is 9.74. The summed E-state index contributed by atoms with van der Waals surface area (Å²) in [6.07, 6.45) is -2.01. The Hall–Kier alpha value is -2.10. The maximum atomic E-state index is 13.0. The summed E-state index contributed by atoms with van der Waals surface area (Å²) in [5.41, 5.74) is -3.05. The van der Waals surface area contributed by atoms with E-state index in [1.165, 1.54) is 17.9 Å². The predicted molar refractivity (Wildman–Crippen MR) is 92.3 cm³/mol. The van der Waals surface area contributed by atoms with E-state index in [9.17, 15) is 27.9 Å². The monoisotopic (exact) mass is 388 g/mol. The van der Waals surface area contributed by atoms with Crippen LogP contribution in [-0.2, 0) is 20.6 Å². The maximum Gasteiger partial charge on any atom is 0.417 e. The molecule has 0 bridgehead atoms. The summed E-state index contributed by atoms with van der Waals surface area (Å²) in [5, 5.41) is 9.86. The molecule has 1 saturated carbocycles. The molecule has 0 amide bonds. The molecule has 150 valence electrons. The molecule has 2 aromatic heterocycles. The molecule has 1 N–H and O–H groups in total. The normalized spacial score (nSPS) is 23.5. The van der Waals surface area contributed by atoms with Crippen molar-refractivity contribution in [3.05, 3.63) is 27.2 Å². The van der Waals surface area contributed by atoms with Crippen LogP contribution >= 0.6 is 0 Å². The number of imidazole rings is 1. The van der Waals surface area contributed by atoms with Crippen molar-refractivity contribution in [2.75, 3.05) is 0 Å². The van der Waals surface area contributed by atoms with Gasteiger partial charge in [-0.1, -0.05) is 0 Å². The molecule has 1 aliphatic carbocycles. The van der Waals surface area contributed by atoms with Crippen molar-refractivity contribution < 1.29 is 18.3 Å². The molecule has 0 spiro atoms. The number of halogens is 3. The van der Waals surface area contributed by atoms with Crippen LogP contribution in [0.25, 0.3) is 11.2 Å². The summed E-state index contributed by atoms with van der Waals surface area (Å²) in [6, 6.07) is 0. The predicted octanol–water partition coefficient (Wildman–Crippen LogP) is 1.55. The molecule has 1 atom stereocenters. The van der Waals surface area contributed by atoms with Gasteiger partial charge in [0.05, 0.1) is 6.33 Å². The van der Waals surface area contributed by atoms with Crippen LogP contribution in [0.15, 0.2) is 15.9 Å². The number of aliphatic hydroxyl groups is 1. The summed E-state index contributed by atoms with van der Waals surface area (Å²) in [5.74, 6) is -0.978. The van der Waals surface area contributed by atoms with Crippen LogP contribution in [0.2, 0.25) is 0 Å². The molecular weight excluding hydrogens is 365 g/mol. The van der Waals surface area contributed by atoms with Gasteiger partial charge in [0.15, 0.2) is 16.8 Å². The number of aryl methyl sites for hydroxylation is 2. The van der Waals surface area contributed by atoms with Crippen molar-refractivity contribution in [2.45, 2.75) is 50.9 Å². The minimum absolute atomic E-state index is 0.0960. The largest absolute Gasteiger partial charge is 0.417 e. The maximum absolute atomic E-state index is 13.0. The summed E-state index contributed by atoms with van der Waals surface area (Å²) in [6.45, 7) is 0.960. The molecule has 1 fully saturated rings. The molecule has 0 aliphatic heterocycles. The second kappa shape index (κ2) is 6.50. The molecule has 0 saturated heterocycles. The van der Waals surface area contributed by atoms with Gasteiger partial charge in [-0.15, -0.1) is 0 Å². The van der Waals surface area contributed by atoms with Gasteiger partial charge >= 0.3 is 11.9 Å².